The third-order valence-electron chi connectivity index (χ3n) is 8.33. The van der Waals surface area contributed by atoms with E-state index in [1.54, 1.807) is 18.2 Å². The quantitative estimate of drug-likeness (QED) is 0.305. The monoisotopic (exact) mass is 528 g/mol. The SMILES string of the molecule is CN1C=C2C3=CC(F)=CC4=CC=C(N=NC2=C(C2=CCN(C5CCC(=CC(=O)OC(C)(C)C)CC5)CC2)C1)C43. The molecule has 1 saturated carbocycles. The van der Waals surface area contributed by atoms with E-state index in [-0.39, 0.29) is 17.7 Å². The summed E-state index contributed by atoms with van der Waals surface area (Å²) in [6.45, 7) is 8.37. The van der Waals surface area contributed by atoms with E-state index in [2.05, 4.69) is 34.2 Å². The molecule has 7 heteroatoms. The lowest BCUT2D eigenvalue weighted by molar-refractivity contribution is -0.148. The van der Waals surface area contributed by atoms with Crippen molar-refractivity contribution in [3.63, 3.8) is 0 Å². The van der Waals surface area contributed by atoms with Crippen LogP contribution in [0, 0.1) is 5.92 Å². The summed E-state index contributed by atoms with van der Waals surface area (Å²) in [5.41, 5.74) is 7.90. The number of halogens is 1. The first kappa shape index (κ1) is 25.9. The Morgan fingerprint density at radius 3 is 2.64 bits per heavy atom. The van der Waals surface area contributed by atoms with Crippen LogP contribution in [0.15, 0.2) is 104 Å². The zero-order valence-corrected chi connectivity index (χ0v) is 23.3. The third kappa shape index (κ3) is 5.29. The van der Waals surface area contributed by atoms with E-state index in [1.807, 2.05) is 32.9 Å². The standard InChI is InChI=1S/C32H37FN4O2/c1-32(2,3)39-29(38)15-20-5-8-24(9-6-20)37-13-11-21(12-14-37)26-18-36(4)19-27-25-17-23(33)16-22-7-10-28(30(22)25)34-35-31(26)27/h7,10-11,15-17,19,24,30H,5-6,8-9,12-14,18H2,1-4H3. The van der Waals surface area contributed by atoms with Gasteiger partial charge in [-0.25, -0.2) is 9.18 Å². The van der Waals surface area contributed by atoms with Gasteiger partial charge in [-0.2, -0.15) is 5.11 Å². The second-order valence-corrected chi connectivity index (χ2v) is 12.3. The van der Waals surface area contributed by atoms with Gasteiger partial charge >= 0.3 is 5.97 Å². The molecule has 0 aromatic rings. The Hall–Kier alpha value is -3.32. The van der Waals surface area contributed by atoms with Crippen molar-refractivity contribution in [2.45, 2.75) is 64.5 Å². The van der Waals surface area contributed by atoms with Crippen molar-refractivity contribution in [2.75, 3.05) is 26.7 Å². The van der Waals surface area contributed by atoms with Crippen molar-refractivity contribution in [2.24, 2.45) is 16.1 Å². The molecule has 1 atom stereocenters. The molecule has 0 amide bonds. The van der Waals surface area contributed by atoms with Gasteiger partial charge in [-0.15, -0.1) is 5.11 Å². The lowest BCUT2D eigenvalue weighted by Gasteiger charge is -2.38. The molecule has 1 fully saturated rings. The molecule has 0 spiro atoms. The number of hydrogen-bond acceptors (Lipinski definition) is 6. The minimum Gasteiger partial charge on any atom is -0.457 e. The number of allylic oxidation sites excluding steroid dienone is 8. The van der Waals surface area contributed by atoms with E-state index in [0.717, 1.165) is 79.9 Å². The van der Waals surface area contributed by atoms with E-state index < -0.39 is 5.60 Å². The molecule has 0 aromatic heterocycles. The van der Waals surface area contributed by atoms with Crippen LogP contribution in [-0.2, 0) is 9.53 Å². The van der Waals surface area contributed by atoms with Gasteiger partial charge in [0.15, 0.2) is 0 Å². The highest BCUT2D eigenvalue weighted by Gasteiger charge is 2.37. The van der Waals surface area contributed by atoms with Gasteiger partial charge in [-0.05, 0) is 87.8 Å². The van der Waals surface area contributed by atoms with E-state index in [9.17, 15) is 9.18 Å². The zero-order chi connectivity index (χ0) is 27.3. The van der Waals surface area contributed by atoms with Crippen LogP contribution < -0.4 is 0 Å². The number of rotatable bonds is 3. The number of hydrogen-bond donors (Lipinski definition) is 0. The van der Waals surface area contributed by atoms with E-state index >= 15 is 0 Å². The van der Waals surface area contributed by atoms with E-state index in [4.69, 9.17) is 9.85 Å². The summed E-state index contributed by atoms with van der Waals surface area (Å²) in [7, 11) is 2.07. The fourth-order valence-electron chi connectivity index (χ4n) is 6.54. The number of likely N-dealkylation sites (N-methyl/N-ethyl adjacent to an activating group) is 1. The van der Waals surface area contributed by atoms with Gasteiger partial charge in [0.2, 0.25) is 0 Å². The van der Waals surface area contributed by atoms with Gasteiger partial charge in [0, 0.05) is 56.1 Å². The van der Waals surface area contributed by atoms with Gasteiger partial charge in [0.05, 0.1) is 17.3 Å². The molecule has 6 aliphatic rings. The largest absolute Gasteiger partial charge is 0.457 e. The minimum atomic E-state index is -0.460. The summed E-state index contributed by atoms with van der Waals surface area (Å²) in [6, 6.07) is 0.525. The van der Waals surface area contributed by atoms with Crippen LogP contribution in [0.5, 0.6) is 0 Å². The topological polar surface area (TPSA) is 57.5 Å². The minimum absolute atomic E-state index is 0.0406. The Morgan fingerprint density at radius 2 is 1.92 bits per heavy atom. The number of nitrogens with zero attached hydrogens (tertiary/aromatic N) is 4. The molecule has 6 nitrogen and oxygen atoms in total. The molecule has 0 N–H and O–H groups in total. The second-order valence-electron chi connectivity index (χ2n) is 12.3. The van der Waals surface area contributed by atoms with Gasteiger partial charge in [-0.1, -0.05) is 17.7 Å². The van der Waals surface area contributed by atoms with Crippen LogP contribution in [-0.4, -0.2) is 54.1 Å². The summed E-state index contributed by atoms with van der Waals surface area (Å²) >= 11 is 0. The average Bonchev–Trinajstić information content (AvgIpc) is 3.21. The van der Waals surface area contributed by atoms with Crippen LogP contribution in [0.4, 0.5) is 4.39 Å². The number of carbonyl (C=O) groups excluding carboxylic acids is 1. The van der Waals surface area contributed by atoms with Crippen LogP contribution in [0.1, 0.15) is 52.9 Å². The number of carbonyl (C=O) groups is 1. The van der Waals surface area contributed by atoms with Crippen LogP contribution in [0.2, 0.25) is 0 Å². The fraction of sp³-hybridized carbons (Fsp3) is 0.469. The lowest BCUT2D eigenvalue weighted by atomic mass is 9.80. The maximum atomic E-state index is 14.6. The normalized spacial score (nSPS) is 26.9. The second kappa shape index (κ2) is 10.0. The first-order valence-corrected chi connectivity index (χ1v) is 14.1. The Bertz CT molecular complexity index is 1370. The molecule has 3 aliphatic heterocycles. The predicted octanol–water partition coefficient (Wildman–Crippen LogP) is 6.61. The van der Waals surface area contributed by atoms with Gasteiger partial charge in [0.25, 0.3) is 0 Å². The lowest BCUT2D eigenvalue weighted by Crippen LogP contribution is -2.40. The Balaban J connectivity index is 1.17. The Kier molecular flexibility index (Phi) is 6.66. The molecule has 0 radical (unpaired) electrons. The van der Waals surface area contributed by atoms with Crippen molar-refractivity contribution in [1.82, 2.24) is 9.80 Å². The van der Waals surface area contributed by atoms with Crippen LogP contribution in [0.25, 0.3) is 0 Å². The highest BCUT2D eigenvalue weighted by molar-refractivity contribution is 5.83. The number of azo groups is 1. The highest BCUT2D eigenvalue weighted by atomic mass is 19.1. The number of ether oxygens (including phenoxy) is 1. The van der Waals surface area contributed by atoms with E-state index in [1.165, 1.54) is 16.7 Å². The summed E-state index contributed by atoms with van der Waals surface area (Å²) in [6.07, 6.45) is 18.3. The van der Waals surface area contributed by atoms with Crippen molar-refractivity contribution in [3.8, 4) is 0 Å². The van der Waals surface area contributed by atoms with Gasteiger partial charge in [0.1, 0.15) is 11.4 Å². The fourth-order valence-corrected chi connectivity index (χ4v) is 6.54. The zero-order valence-electron chi connectivity index (χ0n) is 23.3. The van der Waals surface area contributed by atoms with Crippen LogP contribution >= 0.6 is 0 Å². The van der Waals surface area contributed by atoms with Crippen molar-refractivity contribution >= 4 is 5.97 Å². The predicted molar refractivity (Wildman–Crippen MR) is 150 cm³/mol. The maximum absolute atomic E-state index is 14.6. The first-order valence-electron chi connectivity index (χ1n) is 14.1. The third-order valence-corrected chi connectivity index (χ3v) is 8.33. The Morgan fingerprint density at radius 1 is 1.13 bits per heavy atom. The molecule has 0 aromatic carbocycles. The molecule has 0 saturated heterocycles. The number of fused-ring (bicyclic) bond motifs is 2. The summed E-state index contributed by atoms with van der Waals surface area (Å²) in [5.74, 6) is -0.489. The molecule has 0 bridgehead atoms. The molecule has 39 heavy (non-hydrogen) atoms. The summed E-state index contributed by atoms with van der Waals surface area (Å²) in [4.78, 5) is 17.0. The van der Waals surface area contributed by atoms with E-state index in [0.29, 0.717) is 6.04 Å². The first-order chi connectivity index (χ1) is 18.6. The van der Waals surface area contributed by atoms with Crippen molar-refractivity contribution in [3.05, 3.63) is 93.3 Å². The van der Waals surface area contributed by atoms with Gasteiger partial charge < -0.3 is 9.64 Å². The number of esters is 1. The molecule has 204 valence electrons. The highest BCUT2D eigenvalue weighted by Crippen LogP contribution is 2.48. The van der Waals surface area contributed by atoms with Crippen LogP contribution in [0.3, 0.4) is 0 Å². The van der Waals surface area contributed by atoms with Crippen molar-refractivity contribution < 1.29 is 13.9 Å². The molecular formula is C32H37FN4O2. The molecule has 3 heterocycles. The molecule has 6 rings (SSSR count). The smallest absolute Gasteiger partial charge is 0.331 e. The molecule has 3 aliphatic carbocycles. The average molecular weight is 529 g/mol. The molecule has 1 unspecified atom stereocenters. The maximum Gasteiger partial charge on any atom is 0.331 e. The summed E-state index contributed by atoms with van der Waals surface area (Å²) in [5, 5.41) is 9.38. The molecular weight excluding hydrogens is 491 g/mol. The van der Waals surface area contributed by atoms with Crippen molar-refractivity contribution in [1.29, 1.82) is 0 Å². The van der Waals surface area contributed by atoms with Gasteiger partial charge in [-0.3, -0.25) is 4.90 Å². The summed E-state index contributed by atoms with van der Waals surface area (Å²) < 4.78 is 20.0. The Labute approximate surface area is 230 Å².